The Bertz CT molecular complexity index is 329. The molecular weight excluding hydrogens is 229 g/mol. The molecule has 1 aromatic rings. The maximum absolute atomic E-state index is 13.1. The number of nitrogens with two attached hydrogens (primary N) is 1. The molecule has 12 heavy (non-hydrogen) atoms. The predicted molar refractivity (Wildman–Crippen MR) is 44.4 cm³/mol. The lowest BCUT2D eigenvalue weighted by Gasteiger charge is -1.99. The van der Waals surface area contributed by atoms with Crippen molar-refractivity contribution in [2.75, 3.05) is 0 Å². The van der Waals surface area contributed by atoms with Gasteiger partial charge in [-0.15, -0.1) is 0 Å². The molecule has 0 aliphatic carbocycles. The summed E-state index contributed by atoms with van der Waals surface area (Å²) in [6, 6.07) is 1.42. The van der Waals surface area contributed by atoms with Gasteiger partial charge in [0, 0.05) is 6.20 Å². The van der Waals surface area contributed by atoms with Crippen molar-refractivity contribution in [1.29, 1.82) is 0 Å². The van der Waals surface area contributed by atoms with E-state index in [1.54, 1.807) is 0 Å². The minimum Gasteiger partial charge on any atom is -0.409 e. The van der Waals surface area contributed by atoms with Crippen LogP contribution >= 0.6 is 15.9 Å². The number of amidine groups is 1. The first-order chi connectivity index (χ1) is 5.66. The van der Waals surface area contributed by atoms with Crippen molar-refractivity contribution in [3.8, 4) is 0 Å². The lowest BCUT2D eigenvalue weighted by atomic mass is 10.3. The Morgan fingerprint density at radius 1 is 1.75 bits per heavy atom. The zero-order chi connectivity index (χ0) is 9.14. The second kappa shape index (κ2) is 3.48. The normalized spacial score (nSPS) is 11.7. The van der Waals surface area contributed by atoms with E-state index in [1.165, 1.54) is 12.3 Å². The molecule has 0 bridgehead atoms. The second-order valence-electron chi connectivity index (χ2n) is 1.94. The zero-order valence-electron chi connectivity index (χ0n) is 5.83. The smallest absolute Gasteiger partial charge is 0.191 e. The van der Waals surface area contributed by atoms with E-state index in [2.05, 4.69) is 26.1 Å². The maximum atomic E-state index is 13.1. The molecule has 0 unspecified atom stereocenters. The Balaban J connectivity index is 3.26. The lowest BCUT2D eigenvalue weighted by molar-refractivity contribution is 0.318. The summed E-state index contributed by atoms with van der Waals surface area (Å²) in [4.78, 5) is 3.59. The molecule has 0 aliphatic heterocycles. The maximum Gasteiger partial charge on any atom is 0.191 e. The molecule has 0 saturated heterocycles. The third-order valence-electron chi connectivity index (χ3n) is 1.19. The molecule has 0 saturated carbocycles. The fourth-order valence-corrected chi connectivity index (χ4v) is 0.952. The van der Waals surface area contributed by atoms with Gasteiger partial charge in [-0.1, -0.05) is 5.16 Å². The van der Waals surface area contributed by atoms with Gasteiger partial charge in [0.1, 0.15) is 5.69 Å². The summed E-state index contributed by atoms with van der Waals surface area (Å²) in [5.41, 5.74) is 4.97. The van der Waals surface area contributed by atoms with Crippen LogP contribution < -0.4 is 5.73 Å². The molecule has 0 spiro atoms. The summed E-state index contributed by atoms with van der Waals surface area (Å²) >= 11 is 2.94. The molecule has 64 valence electrons. The Labute approximate surface area is 76.0 Å². The molecule has 0 atom stereocenters. The first kappa shape index (κ1) is 8.92. The summed E-state index contributed by atoms with van der Waals surface area (Å²) in [6.45, 7) is 0. The molecule has 1 rings (SSSR count). The van der Waals surface area contributed by atoms with E-state index in [4.69, 9.17) is 10.9 Å². The molecule has 0 aliphatic rings. The van der Waals surface area contributed by atoms with Crippen LogP contribution in [0.4, 0.5) is 4.39 Å². The highest BCUT2D eigenvalue weighted by Gasteiger charge is 2.10. The Morgan fingerprint density at radius 3 is 3.00 bits per heavy atom. The topological polar surface area (TPSA) is 71.5 Å². The van der Waals surface area contributed by atoms with E-state index in [-0.39, 0.29) is 16.0 Å². The van der Waals surface area contributed by atoms with Crippen LogP contribution in [0, 0.1) is 5.82 Å². The summed E-state index contributed by atoms with van der Waals surface area (Å²) in [6.07, 6.45) is 1.35. The van der Waals surface area contributed by atoms with Crippen molar-refractivity contribution < 1.29 is 9.60 Å². The van der Waals surface area contributed by atoms with Crippen molar-refractivity contribution in [3.05, 3.63) is 28.2 Å². The van der Waals surface area contributed by atoms with Crippen LogP contribution in [0.3, 0.4) is 0 Å². The number of rotatable bonds is 1. The van der Waals surface area contributed by atoms with Gasteiger partial charge in [0.2, 0.25) is 0 Å². The van der Waals surface area contributed by atoms with Crippen LogP contribution in [0.2, 0.25) is 0 Å². The van der Waals surface area contributed by atoms with Gasteiger partial charge in [-0.2, -0.15) is 0 Å². The Morgan fingerprint density at radius 2 is 2.42 bits per heavy atom. The predicted octanol–water partition coefficient (Wildman–Crippen LogP) is 1.08. The van der Waals surface area contributed by atoms with Gasteiger partial charge in [-0.25, -0.2) is 9.37 Å². The van der Waals surface area contributed by atoms with Gasteiger partial charge in [0.25, 0.3) is 0 Å². The molecule has 0 amide bonds. The van der Waals surface area contributed by atoms with E-state index in [0.717, 1.165) is 0 Å². The summed E-state index contributed by atoms with van der Waals surface area (Å²) in [7, 11) is 0. The highest BCUT2D eigenvalue weighted by molar-refractivity contribution is 9.10. The number of halogens is 2. The molecule has 1 aromatic heterocycles. The summed E-state index contributed by atoms with van der Waals surface area (Å²) in [5.74, 6) is -0.999. The Hall–Kier alpha value is -1.17. The summed E-state index contributed by atoms with van der Waals surface area (Å²) in [5, 5.41) is 10.9. The van der Waals surface area contributed by atoms with Crippen LogP contribution in [0.5, 0.6) is 0 Å². The number of pyridine rings is 1. The van der Waals surface area contributed by atoms with Gasteiger partial charge < -0.3 is 10.9 Å². The van der Waals surface area contributed by atoms with Crippen LogP contribution in [-0.4, -0.2) is 16.0 Å². The van der Waals surface area contributed by atoms with Crippen LogP contribution in [0.15, 0.2) is 21.9 Å². The summed E-state index contributed by atoms with van der Waals surface area (Å²) < 4.78 is 13.3. The minimum atomic E-state index is -0.646. The van der Waals surface area contributed by atoms with Gasteiger partial charge in [0.15, 0.2) is 11.7 Å². The molecule has 3 N–H and O–H groups in total. The number of hydrogen-bond donors (Lipinski definition) is 2. The van der Waals surface area contributed by atoms with Crippen LogP contribution in [-0.2, 0) is 0 Å². The van der Waals surface area contributed by atoms with Gasteiger partial charge in [0.05, 0.1) is 4.47 Å². The molecule has 0 fully saturated rings. The van der Waals surface area contributed by atoms with E-state index in [1.807, 2.05) is 0 Å². The SMILES string of the molecule is NC(=NO)c1nccc(Br)c1F. The highest BCUT2D eigenvalue weighted by Crippen LogP contribution is 2.15. The third kappa shape index (κ3) is 1.53. The van der Waals surface area contributed by atoms with Crippen molar-refractivity contribution in [2.24, 2.45) is 10.9 Å². The molecular formula is C6H5BrFN3O. The van der Waals surface area contributed by atoms with E-state index < -0.39 is 5.82 Å². The van der Waals surface area contributed by atoms with E-state index in [0.29, 0.717) is 0 Å². The first-order valence-corrected chi connectivity index (χ1v) is 3.74. The average Bonchev–Trinajstić information content (AvgIpc) is 2.08. The average molecular weight is 234 g/mol. The Kier molecular flexibility index (Phi) is 2.59. The molecule has 6 heteroatoms. The monoisotopic (exact) mass is 233 g/mol. The highest BCUT2D eigenvalue weighted by atomic mass is 79.9. The second-order valence-corrected chi connectivity index (χ2v) is 2.79. The zero-order valence-corrected chi connectivity index (χ0v) is 7.42. The molecule has 1 heterocycles. The molecule has 4 nitrogen and oxygen atoms in total. The first-order valence-electron chi connectivity index (χ1n) is 2.94. The molecule has 0 radical (unpaired) electrons. The largest absolute Gasteiger partial charge is 0.409 e. The third-order valence-corrected chi connectivity index (χ3v) is 1.80. The number of hydrogen-bond acceptors (Lipinski definition) is 3. The van der Waals surface area contributed by atoms with Gasteiger partial charge in [-0.3, -0.25) is 0 Å². The van der Waals surface area contributed by atoms with E-state index >= 15 is 0 Å². The number of oxime groups is 1. The van der Waals surface area contributed by atoms with Gasteiger partial charge >= 0.3 is 0 Å². The quantitative estimate of drug-likeness (QED) is 0.330. The minimum absolute atomic E-state index is 0.174. The van der Waals surface area contributed by atoms with Crippen LogP contribution in [0.1, 0.15) is 5.69 Å². The fourth-order valence-electron chi connectivity index (χ4n) is 0.646. The lowest BCUT2D eigenvalue weighted by Crippen LogP contribution is -2.17. The number of aromatic nitrogens is 1. The standard InChI is InChI=1S/C6H5BrFN3O/c7-3-1-2-10-5(4(3)8)6(9)11-12/h1-2,12H,(H2,9,11). The van der Waals surface area contributed by atoms with Crippen molar-refractivity contribution in [1.82, 2.24) is 4.98 Å². The van der Waals surface area contributed by atoms with Crippen molar-refractivity contribution in [3.63, 3.8) is 0 Å². The fraction of sp³-hybridized carbons (Fsp3) is 0. The molecule has 0 aromatic carbocycles. The van der Waals surface area contributed by atoms with Gasteiger partial charge in [-0.05, 0) is 22.0 Å². The van der Waals surface area contributed by atoms with Crippen molar-refractivity contribution in [2.45, 2.75) is 0 Å². The van der Waals surface area contributed by atoms with Crippen molar-refractivity contribution >= 4 is 21.8 Å². The van der Waals surface area contributed by atoms with Crippen LogP contribution in [0.25, 0.3) is 0 Å². The number of nitrogens with zero attached hydrogens (tertiary/aromatic N) is 2. The van der Waals surface area contributed by atoms with E-state index in [9.17, 15) is 4.39 Å².